The van der Waals surface area contributed by atoms with Gasteiger partial charge in [-0.1, -0.05) is 6.07 Å². The van der Waals surface area contributed by atoms with Crippen molar-refractivity contribution >= 4 is 16.9 Å². The Hall–Kier alpha value is -1.81. The standard InChI is InChI=1S/C14H17NO3/c1-14(2,13(17)18)9-15-6-5-11-7-10(8-16)3-4-12(11)15/h3-7,16H,8-9H2,1-2H3,(H,17,18). The van der Waals surface area contributed by atoms with E-state index in [-0.39, 0.29) is 6.61 Å². The minimum atomic E-state index is -0.809. The van der Waals surface area contributed by atoms with E-state index in [9.17, 15) is 4.79 Å². The van der Waals surface area contributed by atoms with Gasteiger partial charge >= 0.3 is 5.97 Å². The Bertz CT molecular complexity index is 584. The second-order valence-electron chi connectivity index (χ2n) is 5.18. The van der Waals surface area contributed by atoms with Gasteiger partial charge in [0.05, 0.1) is 12.0 Å². The second kappa shape index (κ2) is 4.46. The highest BCUT2D eigenvalue weighted by atomic mass is 16.4. The van der Waals surface area contributed by atoms with Crippen LogP contribution in [0.2, 0.25) is 0 Å². The average molecular weight is 247 g/mol. The van der Waals surface area contributed by atoms with Crippen LogP contribution >= 0.6 is 0 Å². The molecule has 1 heterocycles. The highest BCUT2D eigenvalue weighted by Gasteiger charge is 2.27. The van der Waals surface area contributed by atoms with Crippen molar-refractivity contribution in [3.8, 4) is 0 Å². The molecular formula is C14H17NO3. The smallest absolute Gasteiger partial charge is 0.310 e. The van der Waals surface area contributed by atoms with Gasteiger partial charge in [-0.3, -0.25) is 4.79 Å². The van der Waals surface area contributed by atoms with E-state index in [0.29, 0.717) is 6.54 Å². The maximum Gasteiger partial charge on any atom is 0.310 e. The molecule has 0 atom stereocenters. The number of hydrogen-bond acceptors (Lipinski definition) is 2. The molecule has 4 heteroatoms. The second-order valence-corrected chi connectivity index (χ2v) is 5.18. The maximum atomic E-state index is 11.1. The molecule has 0 saturated heterocycles. The van der Waals surface area contributed by atoms with Crippen molar-refractivity contribution in [1.82, 2.24) is 4.57 Å². The van der Waals surface area contributed by atoms with Gasteiger partial charge in [-0.2, -0.15) is 0 Å². The minimum Gasteiger partial charge on any atom is -0.481 e. The lowest BCUT2D eigenvalue weighted by Crippen LogP contribution is -2.28. The zero-order valence-corrected chi connectivity index (χ0v) is 10.6. The van der Waals surface area contributed by atoms with Crippen molar-refractivity contribution in [3.63, 3.8) is 0 Å². The van der Waals surface area contributed by atoms with Crippen molar-refractivity contribution in [2.45, 2.75) is 27.0 Å². The van der Waals surface area contributed by atoms with Crippen molar-refractivity contribution in [2.24, 2.45) is 5.41 Å². The van der Waals surface area contributed by atoms with Crippen LogP contribution in [0.4, 0.5) is 0 Å². The number of nitrogens with zero attached hydrogens (tertiary/aromatic N) is 1. The Balaban J connectivity index is 2.38. The lowest BCUT2D eigenvalue weighted by atomic mass is 9.94. The first-order chi connectivity index (χ1) is 8.44. The van der Waals surface area contributed by atoms with E-state index >= 15 is 0 Å². The summed E-state index contributed by atoms with van der Waals surface area (Å²) in [5.41, 5.74) is 1.04. The number of rotatable bonds is 4. The molecule has 0 spiro atoms. The molecule has 4 nitrogen and oxygen atoms in total. The van der Waals surface area contributed by atoms with Crippen LogP contribution in [0.3, 0.4) is 0 Å². The quantitative estimate of drug-likeness (QED) is 0.871. The highest BCUT2D eigenvalue weighted by Crippen LogP contribution is 2.24. The van der Waals surface area contributed by atoms with Crippen molar-refractivity contribution < 1.29 is 15.0 Å². The molecule has 0 radical (unpaired) electrons. The number of carboxylic acids is 1. The van der Waals surface area contributed by atoms with Gasteiger partial charge in [0.15, 0.2) is 0 Å². The summed E-state index contributed by atoms with van der Waals surface area (Å²) in [4.78, 5) is 11.1. The van der Waals surface area contributed by atoms with Crippen LogP contribution in [-0.4, -0.2) is 20.7 Å². The third-order valence-corrected chi connectivity index (χ3v) is 3.16. The van der Waals surface area contributed by atoms with Gasteiger partial charge in [-0.05, 0) is 43.0 Å². The van der Waals surface area contributed by atoms with Crippen molar-refractivity contribution in [1.29, 1.82) is 0 Å². The highest BCUT2D eigenvalue weighted by molar-refractivity contribution is 5.81. The number of aliphatic carboxylic acids is 1. The molecule has 2 N–H and O–H groups in total. The van der Waals surface area contributed by atoms with Crippen LogP contribution in [0.5, 0.6) is 0 Å². The fourth-order valence-corrected chi connectivity index (χ4v) is 1.98. The average Bonchev–Trinajstić information content (AvgIpc) is 2.71. The SMILES string of the molecule is CC(C)(Cn1ccc2cc(CO)ccc21)C(=O)O. The largest absolute Gasteiger partial charge is 0.481 e. The number of aromatic nitrogens is 1. The van der Waals surface area contributed by atoms with Crippen molar-refractivity contribution in [2.75, 3.05) is 0 Å². The monoisotopic (exact) mass is 247 g/mol. The van der Waals surface area contributed by atoms with Crippen LogP contribution < -0.4 is 0 Å². The molecule has 0 aliphatic heterocycles. The maximum absolute atomic E-state index is 11.1. The molecule has 1 aromatic heterocycles. The van der Waals surface area contributed by atoms with Crippen LogP contribution in [0.25, 0.3) is 10.9 Å². The summed E-state index contributed by atoms with van der Waals surface area (Å²) < 4.78 is 1.94. The predicted molar refractivity (Wildman–Crippen MR) is 69.3 cm³/mol. The molecule has 2 rings (SSSR count). The van der Waals surface area contributed by atoms with Gasteiger partial charge in [-0.25, -0.2) is 0 Å². The van der Waals surface area contributed by atoms with Gasteiger partial charge in [0.25, 0.3) is 0 Å². The number of carbonyl (C=O) groups is 1. The Morgan fingerprint density at radius 2 is 2.06 bits per heavy atom. The van der Waals surface area contributed by atoms with Crippen LogP contribution in [0, 0.1) is 5.41 Å². The Morgan fingerprint density at radius 3 is 2.67 bits per heavy atom. The van der Waals surface area contributed by atoms with Crippen molar-refractivity contribution in [3.05, 3.63) is 36.0 Å². The normalized spacial score (nSPS) is 11.9. The third kappa shape index (κ3) is 2.24. The van der Waals surface area contributed by atoms with E-state index in [1.807, 2.05) is 35.0 Å². The van der Waals surface area contributed by atoms with Crippen LogP contribution in [0.1, 0.15) is 19.4 Å². The number of hydrogen-bond donors (Lipinski definition) is 2. The lowest BCUT2D eigenvalue weighted by Gasteiger charge is -2.20. The minimum absolute atomic E-state index is 0.0156. The van der Waals surface area contributed by atoms with Gasteiger partial charge in [-0.15, -0.1) is 0 Å². The van der Waals surface area contributed by atoms with Gasteiger partial charge in [0.2, 0.25) is 0 Å². The van der Waals surface area contributed by atoms with E-state index in [2.05, 4.69) is 0 Å². The molecular weight excluding hydrogens is 230 g/mol. The molecule has 1 aromatic carbocycles. The first-order valence-corrected chi connectivity index (χ1v) is 5.86. The summed E-state index contributed by atoms with van der Waals surface area (Å²) >= 11 is 0. The number of aliphatic hydroxyl groups excluding tert-OH is 1. The first kappa shape index (κ1) is 12.6. The fraction of sp³-hybridized carbons (Fsp3) is 0.357. The molecule has 0 aliphatic rings. The van der Waals surface area contributed by atoms with E-state index < -0.39 is 11.4 Å². The van der Waals surface area contributed by atoms with E-state index in [1.165, 1.54) is 0 Å². The summed E-state index contributed by atoms with van der Waals surface area (Å²) in [6.07, 6.45) is 1.89. The van der Waals surface area contributed by atoms with Gasteiger partial charge in [0.1, 0.15) is 0 Å². The Morgan fingerprint density at radius 1 is 1.33 bits per heavy atom. The van der Waals surface area contributed by atoms with Gasteiger partial charge < -0.3 is 14.8 Å². The predicted octanol–water partition coefficient (Wildman–Crippen LogP) is 2.24. The summed E-state index contributed by atoms with van der Waals surface area (Å²) in [6.45, 7) is 3.86. The number of benzene rings is 1. The van der Waals surface area contributed by atoms with E-state index in [1.54, 1.807) is 13.8 Å². The van der Waals surface area contributed by atoms with Crippen LogP contribution in [-0.2, 0) is 17.9 Å². The molecule has 0 unspecified atom stereocenters. The van der Waals surface area contributed by atoms with Crippen LogP contribution in [0.15, 0.2) is 30.5 Å². The summed E-state index contributed by atoms with van der Waals surface area (Å²) in [7, 11) is 0. The van der Waals surface area contributed by atoms with E-state index in [0.717, 1.165) is 16.5 Å². The zero-order valence-electron chi connectivity index (χ0n) is 10.6. The third-order valence-electron chi connectivity index (χ3n) is 3.16. The summed E-state index contributed by atoms with van der Waals surface area (Å²) in [5.74, 6) is -0.809. The number of fused-ring (bicyclic) bond motifs is 1. The number of carboxylic acid groups (broad SMARTS) is 1. The van der Waals surface area contributed by atoms with Gasteiger partial charge in [0, 0.05) is 18.3 Å². The Labute approximate surface area is 105 Å². The molecule has 0 fully saturated rings. The fourth-order valence-electron chi connectivity index (χ4n) is 1.98. The molecule has 0 bridgehead atoms. The topological polar surface area (TPSA) is 62.5 Å². The lowest BCUT2D eigenvalue weighted by molar-refractivity contribution is -0.147. The zero-order chi connectivity index (χ0) is 13.3. The summed E-state index contributed by atoms with van der Waals surface area (Å²) in [5, 5.41) is 19.2. The van der Waals surface area contributed by atoms with E-state index in [4.69, 9.17) is 10.2 Å². The molecule has 0 amide bonds. The molecule has 18 heavy (non-hydrogen) atoms. The number of aliphatic hydroxyl groups is 1. The molecule has 2 aromatic rings. The first-order valence-electron chi connectivity index (χ1n) is 5.86. The molecule has 96 valence electrons. The summed E-state index contributed by atoms with van der Waals surface area (Å²) in [6, 6.07) is 7.62. The Kier molecular flexibility index (Phi) is 3.13. The molecule has 0 saturated carbocycles. The molecule has 0 aliphatic carbocycles.